The average Bonchev–Trinajstić information content (AvgIpc) is 2.65. The summed E-state index contributed by atoms with van der Waals surface area (Å²) in [6.45, 7) is 3.86. The predicted molar refractivity (Wildman–Crippen MR) is 66.3 cm³/mol. The Bertz CT molecular complexity index is 411. The SMILES string of the molecule is CC(C)(CO)Nc1nc(Cl)nc2c1SCC2. The van der Waals surface area contributed by atoms with Gasteiger partial charge < -0.3 is 10.4 Å². The topological polar surface area (TPSA) is 58.0 Å². The molecular weight excluding hydrogens is 246 g/mol. The van der Waals surface area contributed by atoms with Gasteiger partial charge in [0, 0.05) is 12.2 Å². The van der Waals surface area contributed by atoms with Gasteiger partial charge in [0.1, 0.15) is 5.82 Å². The van der Waals surface area contributed by atoms with Crippen molar-refractivity contribution in [2.75, 3.05) is 17.7 Å². The number of aryl methyl sites for hydroxylation is 1. The Morgan fingerprint density at radius 3 is 2.94 bits per heavy atom. The van der Waals surface area contributed by atoms with Crippen LogP contribution in [0.3, 0.4) is 0 Å². The summed E-state index contributed by atoms with van der Waals surface area (Å²) in [4.78, 5) is 9.45. The average molecular weight is 260 g/mol. The molecule has 0 saturated carbocycles. The summed E-state index contributed by atoms with van der Waals surface area (Å²) in [7, 11) is 0. The standard InChI is InChI=1S/C10H14ClN3OS/c1-10(2,5-15)14-8-7-6(3-4-16-7)12-9(11)13-8/h15H,3-5H2,1-2H3,(H,12,13,14). The van der Waals surface area contributed by atoms with Crippen LogP contribution in [0.2, 0.25) is 5.28 Å². The van der Waals surface area contributed by atoms with Crippen molar-refractivity contribution >= 4 is 29.2 Å². The summed E-state index contributed by atoms with van der Waals surface area (Å²) >= 11 is 7.59. The van der Waals surface area contributed by atoms with Gasteiger partial charge in [0.05, 0.1) is 22.7 Å². The molecule has 0 bridgehead atoms. The molecule has 1 aromatic heterocycles. The summed E-state index contributed by atoms with van der Waals surface area (Å²) < 4.78 is 0. The maximum absolute atomic E-state index is 9.23. The fourth-order valence-electron chi connectivity index (χ4n) is 1.48. The van der Waals surface area contributed by atoms with Crippen LogP contribution < -0.4 is 5.32 Å². The summed E-state index contributed by atoms with van der Waals surface area (Å²) in [6, 6.07) is 0. The number of anilines is 1. The molecule has 1 aromatic rings. The Hall–Kier alpha value is -0.520. The van der Waals surface area contributed by atoms with Crippen molar-refractivity contribution in [3.63, 3.8) is 0 Å². The van der Waals surface area contributed by atoms with E-state index in [4.69, 9.17) is 11.6 Å². The molecule has 0 aromatic carbocycles. The van der Waals surface area contributed by atoms with Gasteiger partial charge in [-0.05, 0) is 25.4 Å². The van der Waals surface area contributed by atoms with E-state index < -0.39 is 5.54 Å². The molecule has 0 aliphatic carbocycles. The van der Waals surface area contributed by atoms with Gasteiger partial charge in [-0.1, -0.05) is 0 Å². The number of halogens is 1. The Morgan fingerprint density at radius 1 is 1.50 bits per heavy atom. The molecule has 1 aliphatic heterocycles. The van der Waals surface area contributed by atoms with Gasteiger partial charge in [-0.3, -0.25) is 0 Å². The lowest BCUT2D eigenvalue weighted by Gasteiger charge is -2.25. The van der Waals surface area contributed by atoms with E-state index in [-0.39, 0.29) is 11.9 Å². The Balaban J connectivity index is 2.34. The molecule has 0 fully saturated rings. The van der Waals surface area contributed by atoms with Crippen LogP contribution in [0.1, 0.15) is 19.5 Å². The number of thioether (sulfide) groups is 1. The van der Waals surface area contributed by atoms with E-state index in [1.807, 2.05) is 13.8 Å². The largest absolute Gasteiger partial charge is 0.394 e. The molecule has 0 saturated heterocycles. The zero-order chi connectivity index (χ0) is 11.8. The molecule has 4 nitrogen and oxygen atoms in total. The summed E-state index contributed by atoms with van der Waals surface area (Å²) in [5.74, 6) is 1.75. The van der Waals surface area contributed by atoms with Crippen molar-refractivity contribution in [2.45, 2.75) is 30.7 Å². The first-order chi connectivity index (χ1) is 7.52. The molecule has 2 N–H and O–H groups in total. The van der Waals surface area contributed by atoms with Crippen LogP contribution in [0.4, 0.5) is 5.82 Å². The van der Waals surface area contributed by atoms with E-state index in [1.54, 1.807) is 11.8 Å². The number of aliphatic hydroxyl groups is 1. The minimum atomic E-state index is -0.408. The molecule has 1 aliphatic rings. The van der Waals surface area contributed by atoms with Crippen LogP contribution >= 0.6 is 23.4 Å². The van der Waals surface area contributed by atoms with Crippen LogP contribution in [0, 0.1) is 0 Å². The van der Waals surface area contributed by atoms with Crippen LogP contribution in [0.5, 0.6) is 0 Å². The lowest BCUT2D eigenvalue weighted by atomic mass is 10.1. The summed E-state index contributed by atoms with van der Waals surface area (Å²) in [5.41, 5.74) is 0.593. The third-order valence-corrected chi connectivity index (χ3v) is 3.64. The molecular formula is C10H14ClN3OS. The molecule has 0 amide bonds. The molecule has 2 rings (SSSR count). The summed E-state index contributed by atoms with van der Waals surface area (Å²) in [6.07, 6.45) is 0.927. The highest BCUT2D eigenvalue weighted by atomic mass is 35.5. The van der Waals surface area contributed by atoms with Gasteiger partial charge in [0.25, 0.3) is 0 Å². The highest BCUT2D eigenvalue weighted by molar-refractivity contribution is 7.99. The minimum Gasteiger partial charge on any atom is -0.394 e. The number of rotatable bonds is 3. The normalized spacial score (nSPS) is 15.0. The lowest BCUT2D eigenvalue weighted by Crippen LogP contribution is -2.35. The highest BCUT2D eigenvalue weighted by Gasteiger charge is 2.24. The second-order valence-corrected chi connectivity index (χ2v) is 5.83. The smallest absolute Gasteiger partial charge is 0.224 e. The molecule has 6 heteroatoms. The minimum absolute atomic E-state index is 0.0358. The molecule has 2 heterocycles. The predicted octanol–water partition coefficient (Wildman–Crippen LogP) is 1.96. The molecule has 0 atom stereocenters. The number of nitrogens with zero attached hydrogens (tertiary/aromatic N) is 2. The fraction of sp³-hybridized carbons (Fsp3) is 0.600. The molecule has 16 heavy (non-hydrogen) atoms. The third kappa shape index (κ3) is 2.42. The van der Waals surface area contributed by atoms with Crippen molar-refractivity contribution in [3.8, 4) is 0 Å². The number of nitrogens with one attached hydrogen (secondary N) is 1. The van der Waals surface area contributed by atoms with E-state index in [9.17, 15) is 5.11 Å². The van der Waals surface area contributed by atoms with E-state index >= 15 is 0 Å². The fourth-order valence-corrected chi connectivity index (χ4v) is 2.72. The number of hydrogen-bond acceptors (Lipinski definition) is 5. The first kappa shape index (κ1) is 12.0. The maximum atomic E-state index is 9.23. The van der Waals surface area contributed by atoms with Gasteiger partial charge in [-0.15, -0.1) is 11.8 Å². The number of aromatic nitrogens is 2. The van der Waals surface area contributed by atoms with Crippen molar-refractivity contribution < 1.29 is 5.11 Å². The van der Waals surface area contributed by atoms with E-state index in [1.165, 1.54) is 0 Å². The summed E-state index contributed by atoms with van der Waals surface area (Å²) in [5, 5.41) is 12.7. The molecule has 88 valence electrons. The van der Waals surface area contributed by atoms with Crippen LogP contribution in [0.25, 0.3) is 0 Å². The zero-order valence-electron chi connectivity index (χ0n) is 9.25. The first-order valence-electron chi connectivity index (χ1n) is 5.10. The zero-order valence-corrected chi connectivity index (χ0v) is 10.8. The van der Waals surface area contributed by atoms with E-state index in [2.05, 4.69) is 15.3 Å². The third-order valence-electron chi connectivity index (χ3n) is 2.35. The first-order valence-corrected chi connectivity index (χ1v) is 6.46. The maximum Gasteiger partial charge on any atom is 0.224 e. The van der Waals surface area contributed by atoms with E-state index in [0.717, 1.165) is 28.6 Å². The Labute approximate surface area is 104 Å². The molecule has 0 radical (unpaired) electrons. The monoisotopic (exact) mass is 259 g/mol. The number of aliphatic hydroxyl groups excluding tert-OH is 1. The van der Waals surface area contributed by atoms with E-state index in [0.29, 0.717) is 0 Å². The number of hydrogen-bond donors (Lipinski definition) is 2. The van der Waals surface area contributed by atoms with Gasteiger partial charge in [-0.2, -0.15) is 4.98 Å². The van der Waals surface area contributed by atoms with Crippen molar-refractivity contribution in [3.05, 3.63) is 11.0 Å². The lowest BCUT2D eigenvalue weighted by molar-refractivity contribution is 0.233. The molecule has 0 spiro atoms. The Morgan fingerprint density at radius 2 is 2.25 bits per heavy atom. The van der Waals surface area contributed by atoms with Gasteiger partial charge in [0.2, 0.25) is 5.28 Å². The number of fused-ring (bicyclic) bond motifs is 1. The van der Waals surface area contributed by atoms with Crippen LogP contribution in [-0.4, -0.2) is 33.0 Å². The van der Waals surface area contributed by atoms with Crippen molar-refractivity contribution in [1.82, 2.24) is 9.97 Å². The second-order valence-electron chi connectivity index (χ2n) is 4.38. The van der Waals surface area contributed by atoms with Crippen molar-refractivity contribution in [2.24, 2.45) is 0 Å². The van der Waals surface area contributed by atoms with Crippen molar-refractivity contribution in [1.29, 1.82) is 0 Å². The van der Waals surface area contributed by atoms with Gasteiger partial charge >= 0.3 is 0 Å². The highest BCUT2D eigenvalue weighted by Crippen LogP contribution is 2.36. The van der Waals surface area contributed by atoms with Gasteiger partial charge in [-0.25, -0.2) is 4.98 Å². The Kier molecular flexibility index (Phi) is 3.28. The molecule has 0 unspecified atom stereocenters. The van der Waals surface area contributed by atoms with Crippen LogP contribution in [0.15, 0.2) is 4.90 Å². The quantitative estimate of drug-likeness (QED) is 0.813. The second kappa shape index (κ2) is 4.39. The van der Waals surface area contributed by atoms with Crippen LogP contribution in [-0.2, 0) is 6.42 Å². The van der Waals surface area contributed by atoms with Gasteiger partial charge in [0.15, 0.2) is 0 Å².